The number of likely N-dealkylation sites (N-methyl/N-ethyl adjacent to an activating group) is 2. The van der Waals surface area contributed by atoms with E-state index < -0.39 is 5.41 Å². The van der Waals surface area contributed by atoms with Crippen LogP contribution >= 0.6 is 0 Å². The molecule has 3 nitrogen and oxygen atoms in total. The van der Waals surface area contributed by atoms with Crippen molar-refractivity contribution in [2.45, 2.75) is 65.5 Å². The highest BCUT2D eigenvalue weighted by molar-refractivity contribution is 5.84. The Morgan fingerprint density at radius 1 is 0.491 bits per heavy atom. The van der Waals surface area contributed by atoms with Crippen LogP contribution in [0.4, 0.5) is 0 Å². The predicted molar refractivity (Wildman–Crippen MR) is 223 cm³/mol. The summed E-state index contributed by atoms with van der Waals surface area (Å²) in [4.78, 5) is 4.76. The number of benzene rings is 6. The van der Waals surface area contributed by atoms with Crippen LogP contribution in [0.25, 0.3) is 22.3 Å². The summed E-state index contributed by atoms with van der Waals surface area (Å²) in [5.41, 5.74) is 17.0. The summed E-state index contributed by atoms with van der Waals surface area (Å²) in [6, 6.07) is 46.6. The number of rotatable bonds is 9. The average molecular weight is 699 g/mol. The minimum absolute atomic E-state index is 0.193. The van der Waals surface area contributed by atoms with Crippen LogP contribution in [-0.2, 0) is 23.9 Å². The molecule has 53 heavy (non-hydrogen) atoms. The second-order valence-electron chi connectivity index (χ2n) is 15.4. The van der Waals surface area contributed by atoms with E-state index in [0.717, 1.165) is 30.8 Å². The van der Waals surface area contributed by atoms with Crippen molar-refractivity contribution < 1.29 is 5.11 Å². The lowest BCUT2D eigenvalue weighted by Gasteiger charge is -2.31. The lowest BCUT2D eigenvalue weighted by molar-refractivity contribution is 0.245. The van der Waals surface area contributed by atoms with Gasteiger partial charge in [0.15, 0.2) is 0 Å². The maximum atomic E-state index is 12.0. The molecule has 8 rings (SSSR count). The fourth-order valence-corrected chi connectivity index (χ4v) is 9.21. The summed E-state index contributed by atoms with van der Waals surface area (Å²) in [5, 5.41) is 12.0. The van der Waals surface area contributed by atoms with E-state index in [1.807, 2.05) is 13.8 Å². The molecule has 0 amide bonds. The van der Waals surface area contributed by atoms with Crippen molar-refractivity contribution in [3.05, 3.63) is 183 Å². The molecule has 0 radical (unpaired) electrons. The third-order valence-electron chi connectivity index (χ3n) is 11.8. The molecule has 0 saturated carbocycles. The van der Waals surface area contributed by atoms with E-state index in [1.54, 1.807) is 0 Å². The van der Waals surface area contributed by atoms with Crippen molar-refractivity contribution in [2.24, 2.45) is 0 Å². The van der Waals surface area contributed by atoms with E-state index >= 15 is 0 Å². The Morgan fingerprint density at radius 2 is 0.906 bits per heavy atom. The van der Waals surface area contributed by atoms with Crippen molar-refractivity contribution in [3.63, 3.8) is 0 Å². The van der Waals surface area contributed by atoms with Crippen molar-refractivity contribution in [1.82, 2.24) is 9.80 Å². The number of phenols is 1. The molecule has 0 saturated heterocycles. The van der Waals surface area contributed by atoms with E-state index in [4.69, 9.17) is 0 Å². The Kier molecular flexibility index (Phi) is 9.93. The van der Waals surface area contributed by atoms with Gasteiger partial charge < -0.3 is 14.9 Å². The smallest absolute Gasteiger partial charge is 0.124 e. The van der Waals surface area contributed by atoms with Gasteiger partial charge in [0, 0.05) is 48.1 Å². The van der Waals surface area contributed by atoms with Crippen molar-refractivity contribution in [3.8, 4) is 28.0 Å². The van der Waals surface area contributed by atoms with Crippen molar-refractivity contribution in [2.75, 3.05) is 27.2 Å². The van der Waals surface area contributed by atoms with Crippen LogP contribution in [0.5, 0.6) is 5.75 Å². The highest BCUT2D eigenvalue weighted by atomic mass is 16.3. The maximum absolute atomic E-state index is 12.0. The van der Waals surface area contributed by atoms with E-state index in [1.165, 1.54) is 66.8 Å². The summed E-state index contributed by atoms with van der Waals surface area (Å²) in [5.74, 6) is 0.408. The minimum Gasteiger partial charge on any atom is -0.507 e. The van der Waals surface area contributed by atoms with Crippen LogP contribution in [0.2, 0.25) is 0 Å². The van der Waals surface area contributed by atoms with Crippen LogP contribution < -0.4 is 0 Å². The van der Waals surface area contributed by atoms with Crippen molar-refractivity contribution in [1.29, 1.82) is 0 Å². The van der Waals surface area contributed by atoms with Gasteiger partial charge in [0.1, 0.15) is 5.75 Å². The highest BCUT2D eigenvalue weighted by Gasteiger charge is 2.43. The van der Waals surface area contributed by atoms with Gasteiger partial charge in [-0.05, 0) is 97.4 Å². The largest absolute Gasteiger partial charge is 0.507 e. The van der Waals surface area contributed by atoms with Gasteiger partial charge in [-0.25, -0.2) is 0 Å². The number of aromatic hydroxyl groups is 1. The molecular formula is C50H54N2O. The second-order valence-corrected chi connectivity index (χ2v) is 15.4. The number of nitrogens with zero attached hydrogens (tertiary/aromatic N) is 2. The van der Waals surface area contributed by atoms with Gasteiger partial charge in [0.05, 0.1) is 0 Å². The normalized spacial score (nSPS) is 14.3. The molecule has 0 fully saturated rings. The number of hydrogen-bond donors (Lipinski definition) is 1. The Labute approximate surface area is 317 Å². The molecule has 2 aliphatic carbocycles. The van der Waals surface area contributed by atoms with E-state index in [2.05, 4.69) is 179 Å². The lowest BCUT2D eigenvalue weighted by Crippen LogP contribution is -2.31. The Balaban J connectivity index is 0.00000214. The Bertz CT molecular complexity index is 2190. The van der Waals surface area contributed by atoms with Crippen LogP contribution in [0.1, 0.15) is 83.3 Å². The van der Waals surface area contributed by atoms with Gasteiger partial charge in [-0.15, -0.1) is 0 Å². The molecule has 6 aromatic carbocycles. The molecular weight excluding hydrogens is 645 g/mol. The molecule has 0 bridgehead atoms. The first-order valence-electron chi connectivity index (χ1n) is 19.3. The first kappa shape index (κ1) is 36.4. The second kappa shape index (κ2) is 14.5. The van der Waals surface area contributed by atoms with Crippen LogP contribution in [-0.4, -0.2) is 42.1 Å². The topological polar surface area (TPSA) is 26.7 Å². The molecule has 0 aliphatic heterocycles. The number of hydrogen-bond acceptors (Lipinski definition) is 3. The SMILES string of the molecule is CC.Cc1cc(CN(C)CCN(C)Cc2cc(C)cc(C3(C)c4ccccc4-c4ccccc43)c2O)cc(C2(C)c3ccccc3-c3ccccc32)c1. The van der Waals surface area contributed by atoms with E-state index in [9.17, 15) is 5.11 Å². The maximum Gasteiger partial charge on any atom is 0.124 e. The molecule has 0 unspecified atom stereocenters. The monoisotopic (exact) mass is 698 g/mol. The molecule has 0 spiro atoms. The quantitative estimate of drug-likeness (QED) is 0.163. The van der Waals surface area contributed by atoms with Gasteiger partial charge in [-0.3, -0.25) is 0 Å². The summed E-state index contributed by atoms with van der Waals surface area (Å²) in [7, 11) is 4.38. The predicted octanol–water partition coefficient (Wildman–Crippen LogP) is 11.3. The zero-order valence-corrected chi connectivity index (χ0v) is 32.8. The third kappa shape index (κ3) is 6.20. The molecule has 270 valence electrons. The van der Waals surface area contributed by atoms with Crippen LogP contribution in [0, 0.1) is 13.8 Å². The standard InChI is InChI=1S/C48H48N2O.C2H6/c1-32-25-34(29-36(27-32)47(3)41-19-11-7-15-37(41)38-16-8-12-20-42(38)47)30-49(5)23-24-50(6)31-35-26-33(2)28-45(46(35)51)48(4)43-21-13-9-17-39(43)40-18-10-14-22-44(40)48;1-2/h7-22,25-29,51H,23-24,30-31H2,1-6H3;1-2H3. The van der Waals surface area contributed by atoms with Gasteiger partial charge in [-0.2, -0.15) is 0 Å². The van der Waals surface area contributed by atoms with Gasteiger partial charge in [-0.1, -0.05) is 152 Å². The molecule has 6 aromatic rings. The molecule has 3 heteroatoms. The number of phenolic OH excluding ortho intramolecular Hbond substituents is 1. The van der Waals surface area contributed by atoms with Crippen LogP contribution in [0.3, 0.4) is 0 Å². The first-order valence-corrected chi connectivity index (χ1v) is 19.3. The zero-order chi connectivity index (χ0) is 37.5. The third-order valence-corrected chi connectivity index (χ3v) is 11.8. The minimum atomic E-state index is -0.427. The Morgan fingerprint density at radius 3 is 1.40 bits per heavy atom. The average Bonchev–Trinajstić information content (AvgIpc) is 3.59. The summed E-state index contributed by atoms with van der Waals surface area (Å²) in [6.45, 7) is 16.4. The fourth-order valence-electron chi connectivity index (χ4n) is 9.21. The summed E-state index contributed by atoms with van der Waals surface area (Å²) >= 11 is 0. The fraction of sp³-hybridized carbons (Fsp3) is 0.280. The molecule has 0 atom stereocenters. The first-order chi connectivity index (χ1) is 25.6. The molecule has 2 aliphatic rings. The Hall–Kier alpha value is -4.96. The van der Waals surface area contributed by atoms with E-state index in [0.29, 0.717) is 12.3 Å². The number of fused-ring (bicyclic) bond motifs is 6. The van der Waals surface area contributed by atoms with E-state index in [-0.39, 0.29) is 5.41 Å². The van der Waals surface area contributed by atoms with Crippen molar-refractivity contribution >= 4 is 0 Å². The highest BCUT2D eigenvalue weighted by Crippen LogP contribution is 2.55. The number of aryl methyl sites for hydroxylation is 2. The van der Waals surface area contributed by atoms with Crippen LogP contribution in [0.15, 0.2) is 127 Å². The lowest BCUT2D eigenvalue weighted by atomic mass is 9.73. The summed E-state index contributed by atoms with van der Waals surface area (Å²) < 4.78 is 0. The van der Waals surface area contributed by atoms with Gasteiger partial charge in [0.2, 0.25) is 0 Å². The summed E-state index contributed by atoms with van der Waals surface area (Å²) in [6.07, 6.45) is 0. The zero-order valence-electron chi connectivity index (χ0n) is 32.8. The van der Waals surface area contributed by atoms with Gasteiger partial charge in [0.25, 0.3) is 0 Å². The van der Waals surface area contributed by atoms with Gasteiger partial charge >= 0.3 is 0 Å². The molecule has 0 heterocycles. The molecule has 1 N–H and O–H groups in total. The molecule has 0 aromatic heterocycles.